The molecular formula is C22H27O2P. The monoisotopic (exact) mass is 354 g/mol. The molecule has 0 aromatic heterocycles. The van der Waals surface area contributed by atoms with E-state index in [0.717, 1.165) is 17.0 Å². The van der Waals surface area contributed by atoms with E-state index in [9.17, 15) is 9.67 Å². The Hall–Kier alpha value is -1.37. The summed E-state index contributed by atoms with van der Waals surface area (Å²) in [4.78, 5) is 0. The summed E-state index contributed by atoms with van der Waals surface area (Å²) in [6.07, 6.45) is 2.29. The molecule has 3 heteroatoms. The molecule has 2 bridgehead atoms. The highest BCUT2D eigenvalue weighted by molar-refractivity contribution is 7.78. The lowest BCUT2D eigenvalue weighted by Gasteiger charge is -2.62. The zero-order chi connectivity index (χ0) is 17.7. The first-order valence-electron chi connectivity index (χ1n) is 9.31. The Morgan fingerprint density at radius 1 is 0.960 bits per heavy atom. The molecule has 4 atom stereocenters. The number of hydrogen-bond acceptors (Lipinski definition) is 2. The minimum absolute atomic E-state index is 0.117. The zero-order valence-electron chi connectivity index (χ0n) is 15.0. The van der Waals surface area contributed by atoms with Crippen molar-refractivity contribution in [2.75, 3.05) is 6.16 Å². The van der Waals surface area contributed by atoms with Gasteiger partial charge in [0.2, 0.25) is 0 Å². The van der Waals surface area contributed by atoms with E-state index in [1.54, 1.807) is 0 Å². The lowest BCUT2D eigenvalue weighted by atomic mass is 9.45. The van der Waals surface area contributed by atoms with E-state index in [0.29, 0.717) is 18.0 Å². The standard InChI is InChI=1S/C22H27O2P/c1-22(2)16-13-20(22)19(21(23)14-16)15-25(24,17-9-5-3-6-10-17)18-11-7-4-8-12-18/h3-12,16,19-21,23H,13-15H2,1-2H3/t16-,19+,20+,21+/m1/s1. The molecule has 3 fully saturated rings. The fraction of sp³-hybridized carbons (Fsp3) is 0.455. The van der Waals surface area contributed by atoms with Crippen molar-refractivity contribution in [1.82, 2.24) is 0 Å². The van der Waals surface area contributed by atoms with Crippen LogP contribution in [0.4, 0.5) is 0 Å². The summed E-state index contributed by atoms with van der Waals surface area (Å²) in [5, 5.41) is 12.6. The summed E-state index contributed by atoms with van der Waals surface area (Å²) in [6, 6.07) is 19.7. The second-order valence-corrected chi connectivity index (χ2v) is 11.3. The third-order valence-corrected chi connectivity index (χ3v) is 10.1. The van der Waals surface area contributed by atoms with Gasteiger partial charge >= 0.3 is 0 Å². The molecule has 2 nitrogen and oxygen atoms in total. The molecule has 0 aliphatic heterocycles. The number of benzene rings is 2. The van der Waals surface area contributed by atoms with Gasteiger partial charge in [-0.2, -0.15) is 0 Å². The highest BCUT2D eigenvalue weighted by Gasteiger charge is 2.58. The van der Waals surface area contributed by atoms with Crippen LogP contribution in [0.5, 0.6) is 0 Å². The highest BCUT2D eigenvalue weighted by atomic mass is 31.2. The van der Waals surface area contributed by atoms with Gasteiger partial charge in [0.15, 0.2) is 0 Å². The first-order valence-corrected chi connectivity index (χ1v) is 11.2. The van der Waals surface area contributed by atoms with Gasteiger partial charge in [0.05, 0.1) is 6.10 Å². The van der Waals surface area contributed by atoms with Gasteiger partial charge in [0, 0.05) is 16.8 Å². The lowest BCUT2D eigenvalue weighted by molar-refractivity contribution is -0.153. The van der Waals surface area contributed by atoms with Gasteiger partial charge < -0.3 is 9.67 Å². The van der Waals surface area contributed by atoms with E-state index in [4.69, 9.17) is 0 Å². The quantitative estimate of drug-likeness (QED) is 0.842. The Bertz CT molecular complexity index is 741. The third kappa shape index (κ3) is 2.71. The Labute approximate surface area is 150 Å². The molecule has 2 aromatic carbocycles. The van der Waals surface area contributed by atoms with E-state index < -0.39 is 7.14 Å². The van der Waals surface area contributed by atoms with Crippen molar-refractivity contribution in [2.24, 2.45) is 23.2 Å². The third-order valence-electron chi connectivity index (χ3n) is 6.90. The summed E-state index contributed by atoms with van der Waals surface area (Å²) in [6.45, 7) is 4.64. The molecule has 3 aliphatic rings. The fourth-order valence-corrected chi connectivity index (χ4v) is 8.28. The predicted molar refractivity (Wildman–Crippen MR) is 104 cm³/mol. The van der Waals surface area contributed by atoms with Crippen LogP contribution in [0.25, 0.3) is 0 Å². The van der Waals surface area contributed by atoms with Crippen molar-refractivity contribution < 1.29 is 9.67 Å². The summed E-state index contributed by atoms with van der Waals surface area (Å²) in [5.41, 5.74) is 0.266. The van der Waals surface area contributed by atoms with Crippen molar-refractivity contribution >= 4 is 17.8 Å². The van der Waals surface area contributed by atoms with Gasteiger partial charge in [-0.1, -0.05) is 74.5 Å². The van der Waals surface area contributed by atoms with Crippen molar-refractivity contribution in [3.63, 3.8) is 0 Å². The molecule has 1 N–H and O–H groups in total. The van der Waals surface area contributed by atoms with Crippen LogP contribution in [0.2, 0.25) is 0 Å². The molecule has 0 radical (unpaired) electrons. The number of aliphatic hydroxyl groups is 1. The smallest absolute Gasteiger partial charge is 0.143 e. The predicted octanol–water partition coefficient (Wildman–Crippen LogP) is 4.04. The van der Waals surface area contributed by atoms with Gasteiger partial charge in [-0.05, 0) is 36.0 Å². The van der Waals surface area contributed by atoms with Crippen LogP contribution in [0.3, 0.4) is 0 Å². The van der Waals surface area contributed by atoms with Crippen LogP contribution in [0.1, 0.15) is 26.7 Å². The van der Waals surface area contributed by atoms with Crippen LogP contribution < -0.4 is 10.6 Å². The van der Waals surface area contributed by atoms with Crippen molar-refractivity contribution in [1.29, 1.82) is 0 Å². The van der Waals surface area contributed by atoms with Gasteiger partial charge in [-0.15, -0.1) is 0 Å². The van der Waals surface area contributed by atoms with Gasteiger partial charge in [-0.3, -0.25) is 0 Å². The minimum Gasteiger partial charge on any atom is -0.393 e. The summed E-state index contributed by atoms with van der Waals surface area (Å²) in [7, 11) is -2.76. The van der Waals surface area contributed by atoms with E-state index >= 15 is 0 Å². The molecular weight excluding hydrogens is 327 g/mol. The fourth-order valence-electron chi connectivity index (χ4n) is 5.16. The maximum absolute atomic E-state index is 14.3. The van der Waals surface area contributed by atoms with Crippen molar-refractivity contribution in [3.8, 4) is 0 Å². The lowest BCUT2D eigenvalue weighted by Crippen LogP contribution is -2.58. The average molecular weight is 354 g/mol. The van der Waals surface area contributed by atoms with Gasteiger partial charge in [0.1, 0.15) is 7.14 Å². The zero-order valence-corrected chi connectivity index (χ0v) is 15.9. The molecule has 0 spiro atoms. The SMILES string of the molecule is CC1(C)[C@H]2C[C@H](O)[C@@H](CP(=O)(c3ccccc3)c3ccccc3)[C@@H]1C2. The van der Waals surface area contributed by atoms with Crippen molar-refractivity contribution in [3.05, 3.63) is 60.7 Å². The van der Waals surface area contributed by atoms with E-state index in [-0.39, 0.29) is 17.4 Å². The summed E-state index contributed by atoms with van der Waals surface area (Å²) in [5.74, 6) is 1.21. The van der Waals surface area contributed by atoms with E-state index in [1.165, 1.54) is 6.42 Å². The van der Waals surface area contributed by atoms with Crippen LogP contribution in [-0.4, -0.2) is 17.4 Å². The number of fused-ring (bicyclic) bond motifs is 2. The van der Waals surface area contributed by atoms with Crippen LogP contribution in [0.15, 0.2) is 60.7 Å². The van der Waals surface area contributed by atoms with Gasteiger partial charge in [0.25, 0.3) is 0 Å². The molecule has 0 heterocycles. The summed E-state index contributed by atoms with van der Waals surface area (Å²) < 4.78 is 14.3. The average Bonchev–Trinajstić information content (AvgIpc) is 2.64. The Kier molecular flexibility index (Phi) is 4.17. The topological polar surface area (TPSA) is 37.3 Å². The molecule has 3 saturated carbocycles. The normalized spacial score (nSPS) is 30.5. The summed E-state index contributed by atoms with van der Waals surface area (Å²) >= 11 is 0. The molecule has 3 aliphatic carbocycles. The highest BCUT2D eigenvalue weighted by Crippen LogP contribution is 2.63. The molecule has 5 rings (SSSR count). The Morgan fingerprint density at radius 2 is 1.48 bits per heavy atom. The molecule has 0 amide bonds. The number of hydrogen-bond donors (Lipinski definition) is 1. The molecule has 2 aromatic rings. The first kappa shape index (κ1) is 17.1. The Balaban J connectivity index is 1.74. The number of aliphatic hydroxyl groups excluding tert-OH is 1. The largest absolute Gasteiger partial charge is 0.393 e. The van der Waals surface area contributed by atoms with Crippen LogP contribution in [-0.2, 0) is 4.57 Å². The van der Waals surface area contributed by atoms with E-state index in [1.807, 2.05) is 60.7 Å². The maximum Gasteiger partial charge on any atom is 0.143 e. The number of rotatable bonds is 4. The van der Waals surface area contributed by atoms with Crippen LogP contribution in [0, 0.1) is 23.2 Å². The molecule has 0 unspecified atom stereocenters. The first-order chi connectivity index (χ1) is 11.9. The molecule has 0 saturated heterocycles. The molecule has 25 heavy (non-hydrogen) atoms. The van der Waals surface area contributed by atoms with Crippen molar-refractivity contribution in [2.45, 2.75) is 32.8 Å². The second-order valence-electron chi connectivity index (χ2n) is 8.42. The Morgan fingerprint density at radius 3 is 1.96 bits per heavy atom. The molecule has 132 valence electrons. The second kappa shape index (κ2) is 6.11. The van der Waals surface area contributed by atoms with Crippen LogP contribution >= 0.6 is 7.14 Å². The maximum atomic E-state index is 14.3. The van der Waals surface area contributed by atoms with Gasteiger partial charge in [-0.25, -0.2) is 0 Å². The minimum atomic E-state index is -2.76. The van der Waals surface area contributed by atoms with E-state index in [2.05, 4.69) is 13.8 Å².